The Morgan fingerprint density at radius 3 is 2.29 bits per heavy atom. The summed E-state index contributed by atoms with van der Waals surface area (Å²) in [7, 11) is -3.76. The number of carbonyl (C=O) groups excluding carboxylic acids is 1. The molecule has 1 N–H and O–H groups in total. The van der Waals surface area contributed by atoms with Gasteiger partial charge in [0, 0.05) is 13.1 Å². The highest BCUT2D eigenvalue weighted by Gasteiger charge is 2.32. The fourth-order valence-corrected chi connectivity index (χ4v) is 4.06. The number of sulfonamides is 1. The van der Waals surface area contributed by atoms with E-state index in [2.05, 4.69) is 4.72 Å². The Hall–Kier alpha value is -1.60. The maximum atomic E-state index is 12.6. The van der Waals surface area contributed by atoms with Gasteiger partial charge in [-0.2, -0.15) is 4.72 Å². The highest BCUT2D eigenvalue weighted by atomic mass is 32.2. The van der Waals surface area contributed by atoms with Crippen molar-refractivity contribution < 1.29 is 17.9 Å². The van der Waals surface area contributed by atoms with E-state index >= 15 is 0 Å². The van der Waals surface area contributed by atoms with Crippen molar-refractivity contribution in [2.24, 2.45) is 5.92 Å². The zero-order valence-corrected chi connectivity index (χ0v) is 15.3. The molecule has 1 heterocycles. The molecule has 0 radical (unpaired) electrons. The molecule has 7 heteroatoms. The number of nitrogens with zero attached hydrogens (tertiary/aromatic N) is 1. The molecular formula is C17H26N2O4S. The first-order valence-corrected chi connectivity index (χ1v) is 9.87. The SMILES string of the molecule is CCOc1ccc(S(=O)(=O)N[C@H](C(=O)N2CCCC2)C(C)C)cc1. The van der Waals surface area contributed by atoms with Crippen LogP contribution in [0.3, 0.4) is 0 Å². The fraction of sp³-hybridized carbons (Fsp3) is 0.588. The Morgan fingerprint density at radius 2 is 1.79 bits per heavy atom. The molecule has 0 unspecified atom stereocenters. The minimum absolute atomic E-state index is 0.129. The molecule has 0 aliphatic carbocycles. The average Bonchev–Trinajstić information content (AvgIpc) is 3.07. The van der Waals surface area contributed by atoms with Crippen LogP contribution in [0.15, 0.2) is 29.2 Å². The van der Waals surface area contributed by atoms with Crippen LogP contribution in [0.4, 0.5) is 0 Å². The van der Waals surface area contributed by atoms with Gasteiger partial charge in [0.15, 0.2) is 0 Å². The number of rotatable bonds is 7. The van der Waals surface area contributed by atoms with E-state index in [1.165, 1.54) is 12.1 Å². The Morgan fingerprint density at radius 1 is 1.21 bits per heavy atom. The highest BCUT2D eigenvalue weighted by Crippen LogP contribution is 2.19. The molecule has 1 aliphatic heterocycles. The maximum absolute atomic E-state index is 12.6. The van der Waals surface area contributed by atoms with Crippen LogP contribution in [0, 0.1) is 5.92 Å². The van der Waals surface area contributed by atoms with E-state index in [-0.39, 0.29) is 16.7 Å². The summed E-state index contributed by atoms with van der Waals surface area (Å²) < 4.78 is 33.1. The summed E-state index contributed by atoms with van der Waals surface area (Å²) in [6.45, 7) is 7.48. The second-order valence-corrected chi connectivity index (χ2v) is 7.99. The Kier molecular flexibility index (Phi) is 6.23. The van der Waals surface area contributed by atoms with Gasteiger partial charge in [-0.05, 0) is 49.9 Å². The Bertz CT molecular complexity index is 650. The van der Waals surface area contributed by atoms with E-state index in [4.69, 9.17) is 4.74 Å². The minimum atomic E-state index is -3.76. The van der Waals surface area contributed by atoms with Gasteiger partial charge in [0.2, 0.25) is 15.9 Å². The van der Waals surface area contributed by atoms with E-state index in [0.29, 0.717) is 25.4 Å². The number of likely N-dealkylation sites (tertiary alicyclic amines) is 1. The van der Waals surface area contributed by atoms with Gasteiger partial charge in [-0.25, -0.2) is 8.42 Å². The zero-order chi connectivity index (χ0) is 17.7. The Labute approximate surface area is 144 Å². The summed E-state index contributed by atoms with van der Waals surface area (Å²) in [6, 6.07) is 5.46. The van der Waals surface area contributed by atoms with Gasteiger partial charge in [0.05, 0.1) is 11.5 Å². The standard InChI is InChI=1S/C17H26N2O4S/c1-4-23-14-7-9-15(10-8-14)24(21,22)18-16(13(2)3)17(20)19-11-5-6-12-19/h7-10,13,16,18H,4-6,11-12H2,1-3H3/t16-/m0/s1. The molecule has 1 aromatic rings. The highest BCUT2D eigenvalue weighted by molar-refractivity contribution is 7.89. The van der Waals surface area contributed by atoms with Crippen LogP contribution in [0.1, 0.15) is 33.6 Å². The second kappa shape index (κ2) is 7.98. The lowest BCUT2D eigenvalue weighted by Crippen LogP contribution is -2.50. The van der Waals surface area contributed by atoms with Crippen LogP contribution in [0.5, 0.6) is 5.75 Å². The lowest BCUT2D eigenvalue weighted by atomic mass is 10.0. The van der Waals surface area contributed by atoms with Gasteiger partial charge in [0.25, 0.3) is 0 Å². The molecule has 1 amide bonds. The van der Waals surface area contributed by atoms with Gasteiger partial charge in [-0.1, -0.05) is 13.8 Å². The van der Waals surface area contributed by atoms with Crippen molar-refractivity contribution in [1.82, 2.24) is 9.62 Å². The number of hydrogen-bond donors (Lipinski definition) is 1. The average molecular weight is 354 g/mol. The molecule has 0 saturated carbocycles. The molecule has 0 bridgehead atoms. The van der Waals surface area contributed by atoms with Crippen LogP contribution in [0.25, 0.3) is 0 Å². The molecule has 0 aromatic heterocycles. The van der Waals surface area contributed by atoms with E-state index in [9.17, 15) is 13.2 Å². The summed E-state index contributed by atoms with van der Waals surface area (Å²) in [5.74, 6) is 0.345. The van der Waals surface area contributed by atoms with Gasteiger partial charge < -0.3 is 9.64 Å². The number of benzene rings is 1. The van der Waals surface area contributed by atoms with Gasteiger partial charge in [-0.15, -0.1) is 0 Å². The summed E-state index contributed by atoms with van der Waals surface area (Å²) in [6.07, 6.45) is 1.95. The summed E-state index contributed by atoms with van der Waals surface area (Å²) >= 11 is 0. The first-order chi connectivity index (χ1) is 11.3. The predicted octanol–water partition coefficient (Wildman–Crippen LogP) is 2.01. The number of hydrogen-bond acceptors (Lipinski definition) is 4. The molecule has 134 valence electrons. The maximum Gasteiger partial charge on any atom is 0.241 e. The third kappa shape index (κ3) is 4.48. The van der Waals surface area contributed by atoms with Crippen molar-refractivity contribution in [1.29, 1.82) is 0 Å². The molecule has 6 nitrogen and oxygen atoms in total. The lowest BCUT2D eigenvalue weighted by molar-refractivity contribution is -0.132. The summed E-state index contributed by atoms with van der Waals surface area (Å²) in [5.41, 5.74) is 0. The largest absolute Gasteiger partial charge is 0.494 e. The second-order valence-electron chi connectivity index (χ2n) is 6.28. The van der Waals surface area contributed by atoms with E-state index in [0.717, 1.165) is 12.8 Å². The van der Waals surface area contributed by atoms with Gasteiger partial charge in [-0.3, -0.25) is 4.79 Å². The summed E-state index contributed by atoms with van der Waals surface area (Å²) in [4.78, 5) is 14.5. The van der Waals surface area contributed by atoms with Crippen molar-refractivity contribution in [2.45, 2.75) is 44.6 Å². The van der Waals surface area contributed by atoms with Crippen LogP contribution in [-0.2, 0) is 14.8 Å². The smallest absolute Gasteiger partial charge is 0.241 e. The van der Waals surface area contributed by atoms with Gasteiger partial charge >= 0.3 is 0 Å². The quantitative estimate of drug-likeness (QED) is 0.813. The lowest BCUT2D eigenvalue weighted by Gasteiger charge is -2.26. The normalized spacial score (nSPS) is 16.4. The van der Waals surface area contributed by atoms with Crippen molar-refractivity contribution >= 4 is 15.9 Å². The number of amides is 1. The number of nitrogens with one attached hydrogen (secondary N) is 1. The molecule has 1 aliphatic rings. The van der Waals surface area contributed by atoms with Crippen molar-refractivity contribution in [2.75, 3.05) is 19.7 Å². The first-order valence-electron chi connectivity index (χ1n) is 8.39. The molecule has 1 atom stereocenters. The van der Waals surface area contributed by atoms with Crippen molar-refractivity contribution in [3.8, 4) is 5.75 Å². The van der Waals surface area contributed by atoms with Gasteiger partial charge in [0.1, 0.15) is 11.8 Å². The van der Waals surface area contributed by atoms with E-state index in [1.807, 2.05) is 20.8 Å². The zero-order valence-electron chi connectivity index (χ0n) is 14.5. The molecular weight excluding hydrogens is 328 g/mol. The Balaban J connectivity index is 2.15. The number of ether oxygens (including phenoxy) is 1. The third-order valence-corrected chi connectivity index (χ3v) is 5.53. The van der Waals surface area contributed by atoms with Crippen LogP contribution in [0.2, 0.25) is 0 Å². The fourth-order valence-electron chi connectivity index (χ4n) is 2.72. The minimum Gasteiger partial charge on any atom is -0.494 e. The van der Waals surface area contributed by atoms with Crippen molar-refractivity contribution in [3.05, 3.63) is 24.3 Å². The molecule has 24 heavy (non-hydrogen) atoms. The predicted molar refractivity (Wildman–Crippen MR) is 92.4 cm³/mol. The van der Waals surface area contributed by atoms with E-state index < -0.39 is 16.1 Å². The molecule has 2 rings (SSSR count). The van der Waals surface area contributed by atoms with Crippen LogP contribution < -0.4 is 9.46 Å². The topological polar surface area (TPSA) is 75.7 Å². The van der Waals surface area contributed by atoms with Crippen LogP contribution >= 0.6 is 0 Å². The molecule has 1 saturated heterocycles. The molecule has 1 aromatic carbocycles. The third-order valence-electron chi connectivity index (χ3n) is 4.08. The molecule has 1 fully saturated rings. The summed E-state index contributed by atoms with van der Waals surface area (Å²) in [5, 5.41) is 0. The van der Waals surface area contributed by atoms with Crippen LogP contribution in [-0.4, -0.2) is 45.0 Å². The van der Waals surface area contributed by atoms with Crippen molar-refractivity contribution in [3.63, 3.8) is 0 Å². The first kappa shape index (κ1) is 18.7. The van der Waals surface area contributed by atoms with E-state index in [1.54, 1.807) is 17.0 Å². The number of carbonyl (C=O) groups is 1. The molecule has 0 spiro atoms. The monoisotopic (exact) mass is 354 g/mol.